The maximum absolute atomic E-state index is 9.71. The molecule has 1 aromatic carbocycles. The Kier molecular flexibility index (Phi) is 5.60. The molecule has 160 valence electrons. The lowest BCUT2D eigenvalue weighted by Crippen LogP contribution is -2.37. The fourth-order valence-corrected chi connectivity index (χ4v) is 4.41. The van der Waals surface area contributed by atoms with Gasteiger partial charge in [0.15, 0.2) is 11.6 Å². The molecule has 0 radical (unpaired) electrons. The lowest BCUT2D eigenvalue weighted by atomic mass is 10.1. The van der Waals surface area contributed by atoms with E-state index in [-0.39, 0.29) is 6.61 Å². The monoisotopic (exact) mass is 438 g/mol. The number of hydrogen-bond acceptors (Lipinski definition) is 9. The molecule has 0 aliphatic carbocycles. The van der Waals surface area contributed by atoms with E-state index in [4.69, 9.17) is 14.6 Å². The van der Waals surface area contributed by atoms with Crippen molar-refractivity contribution in [1.82, 2.24) is 24.7 Å². The summed E-state index contributed by atoms with van der Waals surface area (Å²) in [7, 11) is 1.53. The minimum atomic E-state index is -0.610. The maximum atomic E-state index is 9.71. The van der Waals surface area contributed by atoms with Crippen molar-refractivity contribution in [2.24, 2.45) is 0 Å². The van der Waals surface area contributed by atoms with Gasteiger partial charge in [0, 0.05) is 38.0 Å². The van der Waals surface area contributed by atoms with E-state index < -0.39 is 6.10 Å². The number of ether oxygens (including phenoxy) is 2. The van der Waals surface area contributed by atoms with E-state index in [1.54, 1.807) is 16.0 Å². The summed E-state index contributed by atoms with van der Waals surface area (Å²) in [5.74, 6) is 1.80. The van der Waals surface area contributed by atoms with E-state index >= 15 is 0 Å². The molecule has 0 unspecified atom stereocenters. The highest BCUT2D eigenvalue weighted by atomic mass is 32.1. The van der Waals surface area contributed by atoms with Crippen molar-refractivity contribution in [3.63, 3.8) is 0 Å². The van der Waals surface area contributed by atoms with Crippen molar-refractivity contribution in [2.75, 3.05) is 44.9 Å². The number of aliphatic hydroxyl groups is 1. The number of aliphatic hydroxyl groups excluding tert-OH is 1. The van der Waals surface area contributed by atoms with Gasteiger partial charge in [0.05, 0.1) is 41.2 Å². The first-order valence-corrected chi connectivity index (χ1v) is 10.9. The summed E-state index contributed by atoms with van der Waals surface area (Å²) in [6.07, 6.45) is 1.27. The number of thiazole rings is 1. The van der Waals surface area contributed by atoms with Crippen molar-refractivity contribution < 1.29 is 14.6 Å². The van der Waals surface area contributed by atoms with Crippen LogP contribution in [0.3, 0.4) is 0 Å². The number of rotatable bonds is 6. The van der Waals surface area contributed by atoms with Crippen LogP contribution in [0.25, 0.3) is 27.3 Å². The second-order valence-electron chi connectivity index (χ2n) is 7.10. The van der Waals surface area contributed by atoms with Gasteiger partial charge < -0.3 is 19.5 Å². The normalized spacial score (nSPS) is 15.5. The number of fused-ring (bicyclic) bond motifs is 1. The molecule has 4 aromatic rings. The molecule has 31 heavy (non-hydrogen) atoms. The highest BCUT2D eigenvalue weighted by Gasteiger charge is 2.20. The molecule has 0 amide bonds. The quantitative estimate of drug-likeness (QED) is 0.490. The van der Waals surface area contributed by atoms with Gasteiger partial charge in [0.25, 0.3) is 0 Å². The summed E-state index contributed by atoms with van der Waals surface area (Å²) in [5.41, 5.74) is 4.68. The Hall–Kier alpha value is -2.92. The number of benzene rings is 1. The van der Waals surface area contributed by atoms with Crippen LogP contribution >= 0.6 is 11.3 Å². The van der Waals surface area contributed by atoms with Crippen LogP contribution in [0, 0.1) is 0 Å². The fourth-order valence-electron chi connectivity index (χ4n) is 3.60. The fraction of sp³-hybridized carbons (Fsp3) is 0.333. The van der Waals surface area contributed by atoms with E-state index in [2.05, 4.69) is 19.9 Å². The SMILES string of the molecule is CO[C@@H](CO)c1nc(N2CCOCC2)cc(-n2ccc(-c3cccc4ncsc34)n2)n1. The second kappa shape index (κ2) is 8.67. The first-order chi connectivity index (χ1) is 15.3. The first-order valence-electron chi connectivity index (χ1n) is 10.0. The predicted molar refractivity (Wildman–Crippen MR) is 118 cm³/mol. The molecule has 1 N–H and O–H groups in total. The molecule has 3 aromatic heterocycles. The number of hydrogen-bond donors (Lipinski definition) is 1. The van der Waals surface area contributed by atoms with E-state index in [0.29, 0.717) is 24.9 Å². The van der Waals surface area contributed by atoms with E-state index in [0.717, 1.165) is 40.4 Å². The lowest BCUT2D eigenvalue weighted by Gasteiger charge is -2.28. The zero-order valence-corrected chi connectivity index (χ0v) is 17.8. The summed E-state index contributed by atoms with van der Waals surface area (Å²) >= 11 is 1.60. The minimum Gasteiger partial charge on any atom is -0.393 e. The van der Waals surface area contributed by atoms with Gasteiger partial charge >= 0.3 is 0 Å². The molecule has 1 saturated heterocycles. The lowest BCUT2D eigenvalue weighted by molar-refractivity contribution is 0.0422. The Bertz CT molecular complexity index is 1180. The average Bonchev–Trinajstić information content (AvgIpc) is 3.50. The van der Waals surface area contributed by atoms with Crippen molar-refractivity contribution in [1.29, 1.82) is 0 Å². The smallest absolute Gasteiger partial charge is 0.164 e. The Morgan fingerprint density at radius 2 is 2.03 bits per heavy atom. The molecule has 0 bridgehead atoms. The largest absolute Gasteiger partial charge is 0.393 e. The van der Waals surface area contributed by atoms with Crippen molar-refractivity contribution in [3.05, 3.63) is 47.9 Å². The Morgan fingerprint density at radius 1 is 1.19 bits per heavy atom. The summed E-state index contributed by atoms with van der Waals surface area (Å²) in [6.45, 7) is 2.56. The van der Waals surface area contributed by atoms with Crippen LogP contribution < -0.4 is 4.90 Å². The maximum Gasteiger partial charge on any atom is 0.164 e. The molecule has 0 saturated carbocycles. The van der Waals surface area contributed by atoms with Gasteiger partial charge in [0.2, 0.25) is 0 Å². The van der Waals surface area contributed by atoms with Gasteiger partial charge in [-0.1, -0.05) is 12.1 Å². The predicted octanol–water partition coefficient (Wildman–Crippen LogP) is 2.46. The molecule has 0 spiro atoms. The van der Waals surface area contributed by atoms with Gasteiger partial charge in [0.1, 0.15) is 11.9 Å². The third kappa shape index (κ3) is 3.90. The average molecular weight is 439 g/mol. The number of anilines is 1. The summed E-state index contributed by atoms with van der Waals surface area (Å²) in [4.78, 5) is 15.8. The zero-order valence-electron chi connectivity index (χ0n) is 17.0. The third-order valence-corrected chi connectivity index (χ3v) is 6.12. The summed E-state index contributed by atoms with van der Waals surface area (Å²) in [6, 6.07) is 9.90. The van der Waals surface area contributed by atoms with Crippen molar-refractivity contribution in [2.45, 2.75) is 6.10 Å². The molecule has 10 heteroatoms. The first kappa shape index (κ1) is 20.0. The molecular weight excluding hydrogens is 416 g/mol. The van der Waals surface area contributed by atoms with Gasteiger partial charge in [-0.3, -0.25) is 0 Å². The molecule has 9 nitrogen and oxygen atoms in total. The Balaban J connectivity index is 1.56. The highest BCUT2D eigenvalue weighted by Crippen LogP contribution is 2.30. The number of aromatic nitrogens is 5. The summed E-state index contributed by atoms with van der Waals surface area (Å²) in [5, 5.41) is 14.5. The van der Waals surface area contributed by atoms with Crippen LogP contribution in [0.2, 0.25) is 0 Å². The van der Waals surface area contributed by atoms with Crippen LogP contribution in [0.15, 0.2) is 42.0 Å². The van der Waals surface area contributed by atoms with Crippen LogP contribution in [0.1, 0.15) is 11.9 Å². The van der Waals surface area contributed by atoms with Crippen molar-refractivity contribution in [3.8, 4) is 17.1 Å². The third-order valence-electron chi connectivity index (χ3n) is 5.25. The van der Waals surface area contributed by atoms with Gasteiger partial charge in [-0.05, 0) is 12.1 Å². The number of nitrogens with zero attached hydrogens (tertiary/aromatic N) is 6. The zero-order chi connectivity index (χ0) is 21.2. The van der Waals surface area contributed by atoms with Gasteiger partial charge in [-0.2, -0.15) is 5.10 Å². The van der Waals surface area contributed by atoms with E-state index in [9.17, 15) is 5.11 Å². The van der Waals surface area contributed by atoms with Crippen LogP contribution in [-0.2, 0) is 9.47 Å². The molecule has 4 heterocycles. The van der Waals surface area contributed by atoms with Crippen molar-refractivity contribution >= 4 is 27.4 Å². The molecule has 1 atom stereocenters. The molecule has 5 rings (SSSR count). The standard InChI is InChI=1S/C21H22N6O3S/c1-29-17(12-28)21-23-18(26-7-9-30-10-8-26)11-19(24-21)27-6-5-15(25-27)14-3-2-4-16-20(14)31-13-22-16/h2-6,11,13,17,28H,7-10,12H2,1H3/t17-/m0/s1. The number of methoxy groups -OCH3 is 1. The summed E-state index contributed by atoms with van der Waals surface area (Å²) < 4.78 is 13.7. The van der Waals surface area contributed by atoms with Crippen LogP contribution in [-0.4, -0.2) is 69.9 Å². The highest BCUT2D eigenvalue weighted by molar-refractivity contribution is 7.17. The van der Waals surface area contributed by atoms with Crippen LogP contribution in [0.4, 0.5) is 5.82 Å². The topological polar surface area (TPSA) is 98.4 Å². The van der Waals surface area contributed by atoms with Gasteiger partial charge in [-0.15, -0.1) is 11.3 Å². The molecular formula is C21H22N6O3S. The van der Waals surface area contributed by atoms with E-state index in [1.165, 1.54) is 7.11 Å². The minimum absolute atomic E-state index is 0.208. The second-order valence-corrected chi connectivity index (χ2v) is 7.96. The van der Waals surface area contributed by atoms with Gasteiger partial charge in [-0.25, -0.2) is 19.6 Å². The Morgan fingerprint density at radius 3 is 2.84 bits per heavy atom. The molecule has 1 fully saturated rings. The van der Waals surface area contributed by atoms with E-state index in [1.807, 2.05) is 42.0 Å². The molecule has 1 aliphatic rings. The number of morpholine rings is 1. The molecule has 1 aliphatic heterocycles. The Labute approximate surface area is 182 Å². The van der Waals surface area contributed by atoms with Crippen LogP contribution in [0.5, 0.6) is 0 Å².